The van der Waals surface area contributed by atoms with E-state index in [-0.39, 0.29) is 0 Å². The lowest BCUT2D eigenvalue weighted by Crippen LogP contribution is -2.49. The lowest BCUT2D eigenvalue weighted by molar-refractivity contribution is 0.184. The Hall–Kier alpha value is -1.94. The molecule has 3 rings (SSSR count). The summed E-state index contributed by atoms with van der Waals surface area (Å²) in [6.07, 6.45) is 6.57. The topological polar surface area (TPSA) is 32.3 Å². The maximum Gasteiger partial charge on any atom is 0.128 e. The Morgan fingerprint density at radius 2 is 1.40 bits per heavy atom. The highest BCUT2D eigenvalue weighted by Gasteiger charge is 2.22. The van der Waals surface area contributed by atoms with Gasteiger partial charge in [-0.25, -0.2) is 4.98 Å². The Kier molecular flexibility index (Phi) is 7.87. The van der Waals surface area contributed by atoms with Crippen molar-refractivity contribution in [1.29, 1.82) is 0 Å². The van der Waals surface area contributed by atoms with E-state index in [1.54, 1.807) is 0 Å². The molecular weight excluding hydrogens is 368 g/mol. The molecule has 0 amide bonds. The van der Waals surface area contributed by atoms with Gasteiger partial charge in [-0.2, -0.15) is 0 Å². The number of piperazine rings is 1. The van der Waals surface area contributed by atoms with Gasteiger partial charge < -0.3 is 4.90 Å². The standard InChI is InChI=1S/C26H40N4/c1-19(2)23-10-12-26(28-17-23)30-15-13-29(14-16-30)22(6)8-7-21(5)24-9-11-25(20(3)4)27-18-24/h9-12,17-22H,7-8,13-16H2,1-6H3. The van der Waals surface area contributed by atoms with Crippen molar-refractivity contribution in [1.82, 2.24) is 14.9 Å². The van der Waals surface area contributed by atoms with Crippen molar-refractivity contribution in [3.8, 4) is 0 Å². The molecule has 0 aliphatic carbocycles. The van der Waals surface area contributed by atoms with Crippen LogP contribution in [0.15, 0.2) is 36.7 Å². The Morgan fingerprint density at radius 3 is 1.93 bits per heavy atom. The van der Waals surface area contributed by atoms with E-state index in [0.717, 1.165) is 32.0 Å². The molecule has 1 saturated heterocycles. The highest BCUT2D eigenvalue weighted by molar-refractivity contribution is 5.40. The average molecular weight is 409 g/mol. The van der Waals surface area contributed by atoms with Crippen molar-refractivity contribution in [3.63, 3.8) is 0 Å². The fourth-order valence-corrected chi connectivity index (χ4v) is 4.21. The molecule has 0 aromatic carbocycles. The molecule has 0 spiro atoms. The molecule has 1 fully saturated rings. The van der Waals surface area contributed by atoms with Crippen molar-refractivity contribution in [2.24, 2.45) is 0 Å². The summed E-state index contributed by atoms with van der Waals surface area (Å²) in [4.78, 5) is 14.4. The second-order valence-corrected chi connectivity index (χ2v) is 9.63. The number of anilines is 1. The highest BCUT2D eigenvalue weighted by atomic mass is 15.3. The zero-order valence-electron chi connectivity index (χ0n) is 19.8. The Morgan fingerprint density at radius 1 is 0.733 bits per heavy atom. The van der Waals surface area contributed by atoms with E-state index >= 15 is 0 Å². The van der Waals surface area contributed by atoms with Gasteiger partial charge in [0.15, 0.2) is 0 Å². The van der Waals surface area contributed by atoms with Gasteiger partial charge in [-0.1, -0.05) is 46.8 Å². The third-order valence-corrected chi connectivity index (χ3v) is 6.69. The van der Waals surface area contributed by atoms with Crippen LogP contribution in [0.3, 0.4) is 0 Å². The minimum Gasteiger partial charge on any atom is -0.354 e. The van der Waals surface area contributed by atoms with Crippen LogP contribution in [0.4, 0.5) is 5.82 Å². The molecular formula is C26H40N4. The summed E-state index contributed by atoms with van der Waals surface area (Å²) in [5, 5.41) is 0. The summed E-state index contributed by atoms with van der Waals surface area (Å²) in [7, 11) is 0. The summed E-state index contributed by atoms with van der Waals surface area (Å²) in [6.45, 7) is 17.9. The molecule has 4 nitrogen and oxygen atoms in total. The lowest BCUT2D eigenvalue weighted by Gasteiger charge is -2.39. The minimum atomic E-state index is 0.497. The first-order valence-electron chi connectivity index (χ1n) is 11.8. The van der Waals surface area contributed by atoms with Crippen LogP contribution in [0.5, 0.6) is 0 Å². The fraction of sp³-hybridized carbons (Fsp3) is 0.615. The first-order chi connectivity index (χ1) is 14.3. The summed E-state index contributed by atoms with van der Waals surface area (Å²) in [5.74, 6) is 2.72. The van der Waals surface area contributed by atoms with E-state index in [9.17, 15) is 0 Å². The molecule has 4 heteroatoms. The second kappa shape index (κ2) is 10.4. The van der Waals surface area contributed by atoms with Crippen molar-refractivity contribution in [2.75, 3.05) is 31.1 Å². The summed E-state index contributed by atoms with van der Waals surface area (Å²) >= 11 is 0. The van der Waals surface area contributed by atoms with E-state index in [1.807, 2.05) is 6.20 Å². The van der Waals surface area contributed by atoms with Gasteiger partial charge >= 0.3 is 0 Å². The Balaban J connectivity index is 1.45. The van der Waals surface area contributed by atoms with Crippen molar-refractivity contribution >= 4 is 5.82 Å². The van der Waals surface area contributed by atoms with Crippen molar-refractivity contribution in [2.45, 2.75) is 78.2 Å². The summed E-state index contributed by atoms with van der Waals surface area (Å²) < 4.78 is 0. The quantitative estimate of drug-likeness (QED) is 0.551. The van der Waals surface area contributed by atoms with Crippen LogP contribution in [0.2, 0.25) is 0 Å². The Labute approximate surface area is 183 Å². The number of aromatic nitrogens is 2. The molecule has 2 aromatic heterocycles. The molecule has 30 heavy (non-hydrogen) atoms. The van der Waals surface area contributed by atoms with Crippen LogP contribution in [0.25, 0.3) is 0 Å². The van der Waals surface area contributed by atoms with Crippen molar-refractivity contribution < 1.29 is 0 Å². The predicted octanol–water partition coefficient (Wildman–Crippen LogP) is 5.82. The molecule has 1 aliphatic rings. The first kappa shape index (κ1) is 22.7. The highest BCUT2D eigenvalue weighted by Crippen LogP contribution is 2.24. The second-order valence-electron chi connectivity index (χ2n) is 9.63. The maximum absolute atomic E-state index is 4.71. The molecule has 164 valence electrons. The van der Waals surface area contributed by atoms with Crippen LogP contribution in [-0.4, -0.2) is 47.1 Å². The number of nitrogens with zero attached hydrogens (tertiary/aromatic N) is 4. The number of rotatable bonds is 8. The SMILES string of the molecule is CC(C)c1ccc(N2CCN(C(C)CCC(C)c3ccc(C(C)C)nc3)CC2)nc1. The average Bonchev–Trinajstić information content (AvgIpc) is 2.77. The molecule has 2 unspecified atom stereocenters. The molecule has 2 atom stereocenters. The van der Waals surface area contributed by atoms with E-state index < -0.39 is 0 Å². The van der Waals surface area contributed by atoms with E-state index in [0.29, 0.717) is 23.8 Å². The van der Waals surface area contributed by atoms with E-state index in [1.165, 1.54) is 29.7 Å². The number of hydrogen-bond acceptors (Lipinski definition) is 4. The normalized spacial score (nSPS) is 17.5. The van der Waals surface area contributed by atoms with E-state index in [4.69, 9.17) is 4.98 Å². The van der Waals surface area contributed by atoms with Crippen LogP contribution in [0, 0.1) is 0 Å². The van der Waals surface area contributed by atoms with Gasteiger partial charge in [0.1, 0.15) is 5.82 Å². The largest absolute Gasteiger partial charge is 0.354 e. The number of pyridine rings is 2. The first-order valence-corrected chi connectivity index (χ1v) is 11.8. The van der Waals surface area contributed by atoms with Gasteiger partial charge in [-0.3, -0.25) is 9.88 Å². The van der Waals surface area contributed by atoms with Gasteiger partial charge in [0, 0.05) is 50.3 Å². The molecule has 0 radical (unpaired) electrons. The van der Waals surface area contributed by atoms with Gasteiger partial charge in [0.2, 0.25) is 0 Å². The van der Waals surface area contributed by atoms with Gasteiger partial charge in [-0.15, -0.1) is 0 Å². The molecule has 0 N–H and O–H groups in total. The molecule has 1 aliphatic heterocycles. The van der Waals surface area contributed by atoms with Crippen molar-refractivity contribution in [3.05, 3.63) is 53.5 Å². The predicted molar refractivity (Wildman–Crippen MR) is 128 cm³/mol. The number of hydrogen-bond donors (Lipinski definition) is 0. The van der Waals surface area contributed by atoms with Crippen LogP contribution < -0.4 is 4.90 Å². The zero-order chi connectivity index (χ0) is 21.7. The summed E-state index contributed by atoms with van der Waals surface area (Å²) in [5.41, 5.74) is 3.87. The fourth-order valence-electron chi connectivity index (χ4n) is 4.21. The van der Waals surface area contributed by atoms with Gasteiger partial charge in [0.25, 0.3) is 0 Å². The molecule has 3 heterocycles. The molecule has 0 bridgehead atoms. The van der Waals surface area contributed by atoms with Crippen LogP contribution in [-0.2, 0) is 0 Å². The minimum absolute atomic E-state index is 0.497. The van der Waals surface area contributed by atoms with E-state index in [2.05, 4.69) is 86.8 Å². The summed E-state index contributed by atoms with van der Waals surface area (Å²) in [6, 6.07) is 9.50. The zero-order valence-corrected chi connectivity index (χ0v) is 19.8. The monoisotopic (exact) mass is 408 g/mol. The Bertz CT molecular complexity index is 759. The van der Waals surface area contributed by atoms with Gasteiger partial charge in [0.05, 0.1) is 0 Å². The van der Waals surface area contributed by atoms with Gasteiger partial charge in [-0.05, 0) is 60.8 Å². The molecule has 0 saturated carbocycles. The van der Waals surface area contributed by atoms with Crippen LogP contribution in [0.1, 0.15) is 89.0 Å². The maximum atomic E-state index is 4.71. The lowest BCUT2D eigenvalue weighted by atomic mass is 9.94. The smallest absolute Gasteiger partial charge is 0.128 e. The molecule has 2 aromatic rings. The third-order valence-electron chi connectivity index (χ3n) is 6.69. The van der Waals surface area contributed by atoms with Crippen LogP contribution >= 0.6 is 0 Å². The third kappa shape index (κ3) is 5.81.